The van der Waals surface area contributed by atoms with Crippen LogP contribution in [0.5, 0.6) is 0 Å². The van der Waals surface area contributed by atoms with E-state index in [2.05, 4.69) is 16.0 Å². The number of carboxylic acids is 1. The second-order valence-electron chi connectivity index (χ2n) is 9.84. The lowest BCUT2D eigenvalue weighted by Crippen LogP contribution is -2.57. The van der Waals surface area contributed by atoms with Crippen LogP contribution in [0.3, 0.4) is 0 Å². The Morgan fingerprint density at radius 2 is 1.61 bits per heavy atom. The van der Waals surface area contributed by atoms with Crippen molar-refractivity contribution in [1.82, 2.24) is 20.9 Å². The molecule has 0 rings (SSSR count). The van der Waals surface area contributed by atoms with Crippen LogP contribution in [0.25, 0.3) is 0 Å². The lowest BCUT2D eigenvalue weighted by molar-refractivity contribution is -0.155. The highest BCUT2D eigenvalue weighted by molar-refractivity contribution is 5.93. The second-order valence-corrected chi connectivity index (χ2v) is 9.84. The molecular formula is C23H41N5O8. The molecule has 0 fully saturated rings. The number of ether oxygens (including phenoxy) is 1. The van der Waals surface area contributed by atoms with E-state index in [1.54, 1.807) is 34.6 Å². The van der Waals surface area contributed by atoms with Gasteiger partial charge >= 0.3 is 18.0 Å². The molecule has 0 aromatic carbocycles. The molecule has 206 valence electrons. The van der Waals surface area contributed by atoms with Crippen molar-refractivity contribution in [2.75, 3.05) is 13.6 Å². The van der Waals surface area contributed by atoms with E-state index in [9.17, 15) is 33.9 Å². The lowest BCUT2D eigenvalue weighted by Gasteiger charge is -2.32. The van der Waals surface area contributed by atoms with Crippen molar-refractivity contribution in [3.8, 4) is 0 Å². The Bertz CT molecular complexity index is 809. The van der Waals surface area contributed by atoms with Gasteiger partial charge in [0.05, 0.1) is 0 Å². The van der Waals surface area contributed by atoms with E-state index in [1.165, 1.54) is 14.0 Å². The number of hydrogen-bond donors (Lipinski definition) is 5. The number of esters is 1. The monoisotopic (exact) mass is 515 g/mol. The topological polar surface area (TPSA) is 197 Å². The van der Waals surface area contributed by atoms with Gasteiger partial charge in [0.1, 0.15) is 23.7 Å². The maximum Gasteiger partial charge on any atom is 0.326 e. The number of nitrogens with zero attached hydrogens (tertiary/aromatic N) is 1. The molecule has 0 saturated heterocycles. The van der Waals surface area contributed by atoms with Crippen molar-refractivity contribution in [2.45, 2.75) is 91.0 Å². The summed E-state index contributed by atoms with van der Waals surface area (Å²) in [5.41, 5.74) is 4.28. The Kier molecular flexibility index (Phi) is 13.5. The average molecular weight is 516 g/mol. The first-order chi connectivity index (χ1) is 16.5. The van der Waals surface area contributed by atoms with E-state index in [-0.39, 0.29) is 32.2 Å². The van der Waals surface area contributed by atoms with Crippen LogP contribution in [0.1, 0.15) is 67.2 Å². The van der Waals surface area contributed by atoms with Crippen molar-refractivity contribution >= 4 is 35.7 Å². The van der Waals surface area contributed by atoms with E-state index < -0.39 is 65.3 Å². The van der Waals surface area contributed by atoms with Crippen LogP contribution in [0, 0.1) is 5.92 Å². The molecule has 13 nitrogen and oxygen atoms in total. The number of nitrogens with two attached hydrogens (primary N) is 1. The van der Waals surface area contributed by atoms with Gasteiger partial charge in [-0.25, -0.2) is 9.59 Å². The highest BCUT2D eigenvalue weighted by atomic mass is 16.6. The third kappa shape index (κ3) is 12.9. The predicted molar refractivity (Wildman–Crippen MR) is 130 cm³/mol. The summed E-state index contributed by atoms with van der Waals surface area (Å²) in [5, 5.41) is 17.0. The average Bonchev–Trinajstić information content (AvgIpc) is 2.71. The van der Waals surface area contributed by atoms with Crippen molar-refractivity contribution in [2.24, 2.45) is 11.7 Å². The van der Waals surface area contributed by atoms with E-state index in [1.807, 2.05) is 0 Å². The summed E-state index contributed by atoms with van der Waals surface area (Å²) in [6.07, 6.45) is 0.0998. The molecule has 5 amide bonds. The number of aliphatic carboxylic acids is 1. The van der Waals surface area contributed by atoms with E-state index >= 15 is 0 Å². The molecule has 0 heterocycles. The molecule has 0 bridgehead atoms. The number of primary amides is 1. The molecule has 0 aliphatic carbocycles. The number of carbonyl (C=O) groups is 6. The van der Waals surface area contributed by atoms with Crippen molar-refractivity contribution in [1.29, 1.82) is 0 Å². The number of carbonyl (C=O) groups excluding carboxylic acids is 5. The zero-order valence-corrected chi connectivity index (χ0v) is 22.2. The predicted octanol–water partition coefficient (Wildman–Crippen LogP) is 0.114. The van der Waals surface area contributed by atoms with Gasteiger partial charge in [0.25, 0.3) is 0 Å². The number of urea groups is 1. The highest BCUT2D eigenvalue weighted by Crippen LogP contribution is 2.14. The lowest BCUT2D eigenvalue weighted by atomic mass is 10.00. The van der Waals surface area contributed by atoms with E-state index in [0.717, 1.165) is 4.90 Å². The van der Waals surface area contributed by atoms with Gasteiger partial charge in [0.15, 0.2) is 0 Å². The number of rotatable bonds is 14. The standard InChI is InChI=1S/C23H41N5O8/c1-13(2)18(20(32)28(7)16(21(33)34)9-8-12-25-22(24)35)27-19(31)15(26-14(3)29)10-11-17(30)36-23(4,5)6/h13,15-16,18H,8-12H2,1-7H3,(H,26,29)(H,27,31)(H,33,34)(H3,24,25,35)/t15-,16-,18-/m0/s1. The molecule has 13 heteroatoms. The first kappa shape index (κ1) is 32.6. The van der Waals surface area contributed by atoms with Crippen molar-refractivity contribution in [3.05, 3.63) is 0 Å². The van der Waals surface area contributed by atoms with Gasteiger partial charge in [-0.2, -0.15) is 0 Å². The molecular weight excluding hydrogens is 474 g/mol. The van der Waals surface area contributed by atoms with E-state index in [0.29, 0.717) is 0 Å². The van der Waals surface area contributed by atoms with Gasteiger partial charge < -0.3 is 36.4 Å². The highest BCUT2D eigenvalue weighted by Gasteiger charge is 2.35. The van der Waals surface area contributed by atoms with Gasteiger partial charge in [-0.3, -0.25) is 19.2 Å². The number of amides is 5. The summed E-state index contributed by atoms with van der Waals surface area (Å²) in [4.78, 5) is 73.5. The smallest absolute Gasteiger partial charge is 0.326 e. The Balaban J connectivity index is 5.45. The third-order valence-electron chi connectivity index (χ3n) is 5.04. The Morgan fingerprint density at radius 1 is 1.03 bits per heavy atom. The molecule has 6 N–H and O–H groups in total. The summed E-state index contributed by atoms with van der Waals surface area (Å²) in [6, 6.07) is -4.15. The minimum Gasteiger partial charge on any atom is -0.480 e. The summed E-state index contributed by atoms with van der Waals surface area (Å²) < 4.78 is 5.23. The van der Waals surface area contributed by atoms with Crippen molar-refractivity contribution in [3.63, 3.8) is 0 Å². The summed E-state index contributed by atoms with van der Waals surface area (Å²) in [5.74, 6) is -4.03. The van der Waals surface area contributed by atoms with Crippen LogP contribution in [-0.2, 0) is 28.7 Å². The normalized spacial score (nSPS) is 13.7. The molecule has 0 saturated carbocycles. The molecule has 0 aromatic heterocycles. The SMILES string of the molecule is CC(=O)N[C@@H](CCC(=O)OC(C)(C)C)C(=O)N[C@H](C(=O)N(C)[C@@H](CCCNC(N)=O)C(=O)O)C(C)C. The van der Waals surface area contributed by atoms with Crippen LogP contribution < -0.4 is 21.7 Å². The van der Waals surface area contributed by atoms with Crippen LogP contribution in [0.15, 0.2) is 0 Å². The van der Waals surface area contributed by atoms with Crippen molar-refractivity contribution < 1.29 is 38.6 Å². The fraction of sp³-hybridized carbons (Fsp3) is 0.739. The fourth-order valence-electron chi connectivity index (χ4n) is 3.30. The largest absolute Gasteiger partial charge is 0.480 e. The second kappa shape index (κ2) is 14.9. The maximum atomic E-state index is 13.2. The van der Waals surface area contributed by atoms with E-state index in [4.69, 9.17) is 10.5 Å². The molecule has 36 heavy (non-hydrogen) atoms. The first-order valence-electron chi connectivity index (χ1n) is 11.8. The number of hydrogen-bond acceptors (Lipinski definition) is 7. The summed E-state index contributed by atoms with van der Waals surface area (Å²) in [7, 11) is 1.32. The fourth-order valence-corrected chi connectivity index (χ4v) is 3.30. The third-order valence-corrected chi connectivity index (χ3v) is 5.04. The molecule has 0 aliphatic rings. The first-order valence-corrected chi connectivity index (χ1v) is 11.8. The Hall–Kier alpha value is -3.38. The molecule has 0 spiro atoms. The van der Waals surface area contributed by atoms with Crippen LogP contribution >= 0.6 is 0 Å². The minimum absolute atomic E-state index is 0.0427. The van der Waals surface area contributed by atoms with Crippen LogP contribution in [0.4, 0.5) is 4.79 Å². The molecule has 0 aliphatic heterocycles. The Labute approximate surface area is 211 Å². The quantitative estimate of drug-likeness (QED) is 0.159. The number of nitrogens with one attached hydrogen (secondary N) is 3. The van der Waals surface area contributed by atoms with Gasteiger partial charge in [0, 0.05) is 26.9 Å². The molecule has 0 aromatic rings. The van der Waals surface area contributed by atoms with Gasteiger partial charge in [0.2, 0.25) is 17.7 Å². The Morgan fingerprint density at radius 3 is 2.06 bits per heavy atom. The minimum atomic E-state index is -1.24. The van der Waals surface area contributed by atoms with Gasteiger partial charge in [-0.1, -0.05) is 13.8 Å². The van der Waals surface area contributed by atoms with Crippen LogP contribution in [-0.4, -0.2) is 83.0 Å². The zero-order valence-electron chi connectivity index (χ0n) is 22.2. The summed E-state index contributed by atoms with van der Waals surface area (Å²) in [6.45, 7) is 9.83. The summed E-state index contributed by atoms with van der Waals surface area (Å²) >= 11 is 0. The molecule has 0 unspecified atom stereocenters. The van der Waals surface area contributed by atoms with Crippen LogP contribution in [0.2, 0.25) is 0 Å². The molecule has 0 radical (unpaired) electrons. The number of likely N-dealkylation sites (N-methyl/N-ethyl adjacent to an activating group) is 1. The maximum absolute atomic E-state index is 13.2. The number of carboxylic acid groups (broad SMARTS) is 1. The van der Waals surface area contributed by atoms with Gasteiger partial charge in [-0.05, 0) is 46.0 Å². The van der Waals surface area contributed by atoms with Gasteiger partial charge in [-0.15, -0.1) is 0 Å². The molecule has 3 atom stereocenters. The zero-order chi connectivity index (χ0) is 28.2.